The average molecular weight is 413 g/mol. The number of aliphatic carboxylic acids is 1. The number of carbonyl (C=O) groups is 5. The molecule has 152 valence electrons. The molecule has 0 aromatic carbocycles. The van der Waals surface area contributed by atoms with Gasteiger partial charge in [0.2, 0.25) is 11.8 Å². The Kier molecular flexibility index (Phi) is 6.70. The summed E-state index contributed by atoms with van der Waals surface area (Å²) in [6.45, 7) is 2.97. The molecule has 1 aromatic rings. The van der Waals surface area contributed by atoms with Crippen LogP contribution in [0.2, 0.25) is 0 Å². The molecular weight excluding hydrogens is 394 g/mol. The van der Waals surface area contributed by atoms with Crippen LogP contribution in [0.15, 0.2) is 0 Å². The highest BCUT2D eigenvalue weighted by atomic mass is 32.1. The molecule has 0 spiro atoms. The fourth-order valence-electron chi connectivity index (χ4n) is 2.66. The maximum atomic E-state index is 12.0. The van der Waals surface area contributed by atoms with Crippen LogP contribution < -0.4 is 16.0 Å². The van der Waals surface area contributed by atoms with Crippen LogP contribution in [-0.4, -0.2) is 58.6 Å². The molecule has 0 bridgehead atoms. The summed E-state index contributed by atoms with van der Waals surface area (Å²) in [6, 6.07) is -0.731. The van der Waals surface area contributed by atoms with Crippen molar-refractivity contribution in [1.82, 2.24) is 10.6 Å². The molecule has 1 aliphatic heterocycles. The van der Waals surface area contributed by atoms with Gasteiger partial charge in [-0.2, -0.15) is 0 Å². The third kappa shape index (κ3) is 5.04. The van der Waals surface area contributed by atoms with Crippen LogP contribution in [0, 0.1) is 0 Å². The minimum Gasteiger partial charge on any atom is -0.478 e. The van der Waals surface area contributed by atoms with Gasteiger partial charge >= 0.3 is 17.8 Å². The Morgan fingerprint density at radius 2 is 1.93 bits per heavy atom. The monoisotopic (exact) mass is 413 g/mol. The van der Waals surface area contributed by atoms with Gasteiger partial charge in [-0.05, 0) is 12.5 Å². The second-order valence-electron chi connectivity index (χ2n) is 6.08. The second kappa shape index (κ2) is 8.80. The Hall–Kier alpha value is -2.99. The fraction of sp³-hybridized carbons (Fsp3) is 0.438. The zero-order valence-corrected chi connectivity index (χ0v) is 15.8. The number of amides is 3. The maximum absolute atomic E-state index is 12.0. The van der Waals surface area contributed by atoms with Crippen molar-refractivity contribution in [3.8, 4) is 0 Å². The SMILES string of the molecule is CC(=O)NC(C)C(=O)NCC1Cc2c(sc(NC(=O)C(=O)O)c2C(=O)O)CO1. The predicted molar refractivity (Wildman–Crippen MR) is 96.1 cm³/mol. The molecule has 12 heteroatoms. The van der Waals surface area contributed by atoms with Crippen molar-refractivity contribution >= 4 is 46.0 Å². The summed E-state index contributed by atoms with van der Waals surface area (Å²) in [5.74, 6) is -5.13. The van der Waals surface area contributed by atoms with E-state index in [0.29, 0.717) is 10.4 Å². The summed E-state index contributed by atoms with van der Waals surface area (Å²) in [4.78, 5) is 57.2. The number of fused-ring (bicyclic) bond motifs is 1. The number of hydrogen-bond donors (Lipinski definition) is 5. The molecule has 3 amide bonds. The molecule has 0 fully saturated rings. The number of aromatic carboxylic acids is 1. The van der Waals surface area contributed by atoms with Gasteiger partial charge in [0.1, 0.15) is 11.0 Å². The normalized spacial score (nSPS) is 16.4. The van der Waals surface area contributed by atoms with E-state index in [0.717, 1.165) is 11.3 Å². The van der Waals surface area contributed by atoms with E-state index in [4.69, 9.17) is 9.84 Å². The van der Waals surface area contributed by atoms with Gasteiger partial charge in [0, 0.05) is 24.8 Å². The van der Waals surface area contributed by atoms with Crippen LogP contribution >= 0.6 is 11.3 Å². The number of nitrogens with one attached hydrogen (secondary N) is 3. The van der Waals surface area contributed by atoms with E-state index in [2.05, 4.69) is 16.0 Å². The van der Waals surface area contributed by atoms with Crippen molar-refractivity contribution in [3.63, 3.8) is 0 Å². The average Bonchev–Trinajstić information content (AvgIpc) is 2.95. The van der Waals surface area contributed by atoms with Crippen molar-refractivity contribution in [2.24, 2.45) is 0 Å². The Morgan fingerprint density at radius 3 is 2.50 bits per heavy atom. The van der Waals surface area contributed by atoms with Gasteiger partial charge in [-0.3, -0.25) is 14.4 Å². The van der Waals surface area contributed by atoms with Crippen LogP contribution in [0.1, 0.15) is 34.6 Å². The predicted octanol–water partition coefficient (Wildman–Crippen LogP) is -0.448. The Labute approximate surface area is 163 Å². The molecule has 0 radical (unpaired) electrons. The minimum atomic E-state index is -1.73. The number of hydrogen-bond acceptors (Lipinski definition) is 7. The van der Waals surface area contributed by atoms with E-state index in [1.807, 2.05) is 0 Å². The molecule has 0 saturated heterocycles. The summed E-state index contributed by atoms with van der Waals surface area (Å²) < 4.78 is 5.60. The maximum Gasteiger partial charge on any atom is 0.394 e. The topological polar surface area (TPSA) is 171 Å². The molecule has 1 aliphatic rings. The number of carbonyl (C=O) groups excluding carboxylic acids is 3. The van der Waals surface area contributed by atoms with Crippen LogP contribution in [0.4, 0.5) is 5.00 Å². The lowest BCUT2D eigenvalue weighted by Gasteiger charge is -2.24. The molecule has 0 saturated carbocycles. The van der Waals surface area contributed by atoms with E-state index in [1.54, 1.807) is 0 Å². The van der Waals surface area contributed by atoms with E-state index in [9.17, 15) is 29.1 Å². The van der Waals surface area contributed by atoms with Crippen LogP contribution in [0.5, 0.6) is 0 Å². The first-order valence-electron chi connectivity index (χ1n) is 8.18. The van der Waals surface area contributed by atoms with Gasteiger partial charge in [-0.25, -0.2) is 9.59 Å². The molecule has 11 nitrogen and oxygen atoms in total. The van der Waals surface area contributed by atoms with Gasteiger partial charge < -0.3 is 30.9 Å². The van der Waals surface area contributed by atoms with Gasteiger partial charge in [0.25, 0.3) is 0 Å². The first-order chi connectivity index (χ1) is 13.1. The largest absolute Gasteiger partial charge is 0.478 e. The molecule has 2 atom stereocenters. The van der Waals surface area contributed by atoms with E-state index in [-0.39, 0.29) is 36.0 Å². The van der Waals surface area contributed by atoms with Gasteiger partial charge in [0.15, 0.2) is 0 Å². The van der Waals surface area contributed by atoms with Gasteiger partial charge in [-0.15, -0.1) is 11.3 Å². The van der Waals surface area contributed by atoms with E-state index >= 15 is 0 Å². The summed E-state index contributed by atoms with van der Waals surface area (Å²) in [6.07, 6.45) is -0.359. The molecule has 5 N–H and O–H groups in total. The summed E-state index contributed by atoms with van der Waals surface area (Å²) in [7, 11) is 0. The van der Waals surface area contributed by atoms with Crippen molar-refractivity contribution < 1.29 is 38.9 Å². The van der Waals surface area contributed by atoms with Crippen molar-refractivity contribution in [2.75, 3.05) is 11.9 Å². The second-order valence-corrected chi connectivity index (χ2v) is 7.18. The number of carboxylic acid groups (broad SMARTS) is 2. The van der Waals surface area contributed by atoms with Crippen molar-refractivity contribution in [1.29, 1.82) is 0 Å². The first kappa shape index (κ1) is 21.3. The highest BCUT2D eigenvalue weighted by Gasteiger charge is 2.31. The highest BCUT2D eigenvalue weighted by Crippen LogP contribution is 2.37. The van der Waals surface area contributed by atoms with Crippen LogP contribution in [0.3, 0.4) is 0 Å². The third-order valence-electron chi connectivity index (χ3n) is 3.92. The van der Waals surface area contributed by atoms with E-state index in [1.165, 1.54) is 13.8 Å². The summed E-state index contributed by atoms with van der Waals surface area (Å²) in [5, 5.41) is 25.2. The minimum absolute atomic E-state index is 0.0605. The van der Waals surface area contributed by atoms with Crippen molar-refractivity contribution in [2.45, 2.75) is 39.0 Å². The quantitative estimate of drug-likeness (QED) is 0.390. The number of thiophene rings is 1. The third-order valence-corrected chi connectivity index (χ3v) is 5.05. The van der Waals surface area contributed by atoms with Crippen molar-refractivity contribution in [3.05, 3.63) is 16.0 Å². The molecular formula is C16H19N3O8S. The Morgan fingerprint density at radius 1 is 1.25 bits per heavy atom. The lowest BCUT2D eigenvalue weighted by atomic mass is 10.0. The first-order valence-corrected chi connectivity index (χ1v) is 9.00. The summed E-state index contributed by atoms with van der Waals surface area (Å²) >= 11 is 0.938. The number of ether oxygens (including phenoxy) is 1. The van der Waals surface area contributed by atoms with Crippen LogP contribution in [0.25, 0.3) is 0 Å². The Balaban J connectivity index is 2.09. The zero-order chi connectivity index (χ0) is 21.0. The number of rotatable bonds is 6. The number of carboxylic acids is 2. The molecule has 0 aliphatic carbocycles. The zero-order valence-electron chi connectivity index (χ0n) is 15.0. The van der Waals surface area contributed by atoms with Gasteiger partial charge in [0.05, 0.1) is 18.3 Å². The molecule has 1 aromatic heterocycles. The standard InChI is InChI=1S/C16H19N3O8S/c1-6(18-7(2)20)12(21)17-4-8-3-9-10(5-27-8)28-14(11(9)15(23)24)19-13(22)16(25)26/h6,8H,3-5H2,1-2H3,(H,17,21)(H,18,20)(H,19,22)(H,23,24)(H,25,26). The molecule has 2 unspecified atom stereocenters. The highest BCUT2D eigenvalue weighted by molar-refractivity contribution is 7.17. The summed E-state index contributed by atoms with van der Waals surface area (Å²) in [5.41, 5.74) is 0.249. The molecule has 2 rings (SSSR count). The van der Waals surface area contributed by atoms with Gasteiger partial charge in [-0.1, -0.05) is 0 Å². The number of anilines is 1. The van der Waals surface area contributed by atoms with E-state index < -0.39 is 35.9 Å². The molecule has 2 heterocycles. The lowest BCUT2D eigenvalue weighted by molar-refractivity contribution is -0.147. The van der Waals surface area contributed by atoms with Crippen LogP contribution in [-0.2, 0) is 36.9 Å². The lowest BCUT2D eigenvalue weighted by Crippen LogP contribution is -2.47. The molecule has 28 heavy (non-hydrogen) atoms. The Bertz CT molecular complexity index is 834. The fourth-order valence-corrected chi connectivity index (χ4v) is 3.80. The smallest absolute Gasteiger partial charge is 0.394 e.